The molecule has 0 spiro atoms. The summed E-state index contributed by atoms with van der Waals surface area (Å²) in [6.07, 6.45) is 0. The molecule has 28 heavy (non-hydrogen) atoms. The van der Waals surface area contributed by atoms with Gasteiger partial charge in [0.05, 0.1) is 13.2 Å². The third-order valence-corrected chi connectivity index (χ3v) is 5.76. The summed E-state index contributed by atoms with van der Waals surface area (Å²) in [7, 11) is 1.55. The molecule has 1 aliphatic heterocycles. The molecule has 1 aliphatic rings. The number of ether oxygens (including phenoxy) is 1. The third kappa shape index (κ3) is 3.48. The molecule has 2 aromatic carbocycles. The molecule has 0 radical (unpaired) electrons. The number of carbonyl (C=O) groups excluding carboxylic acids is 2. The van der Waals surface area contributed by atoms with Gasteiger partial charge in [-0.15, -0.1) is 11.3 Å². The van der Waals surface area contributed by atoms with Gasteiger partial charge in [0, 0.05) is 26.7 Å². The molecule has 0 saturated carbocycles. The number of benzene rings is 2. The molecule has 3 aromatic rings. The average Bonchev–Trinajstić information content (AvgIpc) is 3.18. The standard InChI is InChI=1S/C21H17ClN2O3S/c1-27-15-5-2-4-13(10-15)21(26)24-12-19(25)23-17-8-7-14(22)11-16(17)20(24)18-6-3-9-28-18/h2-11,20H,12H2,1H3,(H,23,25). The SMILES string of the molecule is COc1cccc(C(=O)N2CC(=O)Nc3ccc(Cl)cc3C2c2cccs2)c1. The Balaban J connectivity index is 1.86. The van der Waals surface area contributed by atoms with Gasteiger partial charge in [-0.05, 0) is 47.8 Å². The maximum absolute atomic E-state index is 13.4. The van der Waals surface area contributed by atoms with Gasteiger partial charge in [-0.2, -0.15) is 0 Å². The van der Waals surface area contributed by atoms with Crippen molar-refractivity contribution in [1.29, 1.82) is 0 Å². The van der Waals surface area contributed by atoms with Gasteiger partial charge in [0.25, 0.3) is 5.91 Å². The monoisotopic (exact) mass is 412 g/mol. The van der Waals surface area contributed by atoms with E-state index in [4.69, 9.17) is 16.3 Å². The van der Waals surface area contributed by atoms with Gasteiger partial charge in [0.15, 0.2) is 0 Å². The number of methoxy groups -OCH3 is 1. The molecule has 7 heteroatoms. The van der Waals surface area contributed by atoms with Crippen molar-refractivity contribution >= 4 is 40.4 Å². The quantitative estimate of drug-likeness (QED) is 0.684. The van der Waals surface area contributed by atoms with Crippen LogP contribution in [0.4, 0.5) is 5.69 Å². The molecule has 0 fully saturated rings. The van der Waals surface area contributed by atoms with E-state index in [0.717, 1.165) is 10.4 Å². The highest BCUT2D eigenvalue weighted by atomic mass is 35.5. The lowest BCUT2D eigenvalue weighted by Gasteiger charge is -2.29. The Morgan fingerprint density at radius 3 is 2.82 bits per heavy atom. The van der Waals surface area contributed by atoms with Crippen molar-refractivity contribution in [2.75, 3.05) is 19.0 Å². The number of nitrogens with one attached hydrogen (secondary N) is 1. The normalized spacial score (nSPS) is 16.1. The number of thiophene rings is 1. The van der Waals surface area contributed by atoms with E-state index in [1.54, 1.807) is 54.5 Å². The van der Waals surface area contributed by atoms with Gasteiger partial charge < -0.3 is 15.0 Å². The van der Waals surface area contributed by atoms with E-state index in [-0.39, 0.29) is 18.4 Å². The molecule has 1 aromatic heterocycles. The number of hydrogen-bond acceptors (Lipinski definition) is 4. The van der Waals surface area contributed by atoms with Crippen LogP contribution < -0.4 is 10.1 Å². The highest BCUT2D eigenvalue weighted by Crippen LogP contribution is 2.39. The zero-order chi connectivity index (χ0) is 19.7. The summed E-state index contributed by atoms with van der Waals surface area (Å²) in [4.78, 5) is 28.5. The zero-order valence-corrected chi connectivity index (χ0v) is 16.6. The number of halogens is 1. The van der Waals surface area contributed by atoms with Gasteiger partial charge in [-0.3, -0.25) is 9.59 Å². The second kappa shape index (κ2) is 7.66. The number of rotatable bonds is 3. The number of hydrogen-bond donors (Lipinski definition) is 1. The van der Waals surface area contributed by atoms with E-state index in [1.165, 1.54) is 11.3 Å². The summed E-state index contributed by atoms with van der Waals surface area (Å²) in [5, 5.41) is 5.39. The van der Waals surface area contributed by atoms with E-state index in [2.05, 4.69) is 5.32 Å². The number of fused-ring (bicyclic) bond motifs is 1. The Morgan fingerprint density at radius 1 is 1.21 bits per heavy atom. The van der Waals surface area contributed by atoms with Crippen LogP contribution in [0.25, 0.3) is 0 Å². The predicted molar refractivity (Wildman–Crippen MR) is 110 cm³/mol. The maximum Gasteiger partial charge on any atom is 0.255 e. The molecule has 1 atom stereocenters. The highest BCUT2D eigenvalue weighted by Gasteiger charge is 2.34. The molecule has 142 valence electrons. The van der Waals surface area contributed by atoms with E-state index in [0.29, 0.717) is 22.0 Å². The zero-order valence-electron chi connectivity index (χ0n) is 15.0. The number of nitrogens with zero attached hydrogens (tertiary/aromatic N) is 1. The molecule has 5 nitrogen and oxygen atoms in total. The maximum atomic E-state index is 13.4. The predicted octanol–water partition coefficient (Wildman–Crippen LogP) is 4.59. The van der Waals surface area contributed by atoms with Crippen molar-refractivity contribution in [3.63, 3.8) is 0 Å². The van der Waals surface area contributed by atoms with Crippen LogP contribution in [0, 0.1) is 0 Å². The van der Waals surface area contributed by atoms with Crippen LogP contribution in [0.5, 0.6) is 5.75 Å². The minimum absolute atomic E-state index is 0.0646. The fourth-order valence-electron chi connectivity index (χ4n) is 3.34. The largest absolute Gasteiger partial charge is 0.497 e. The van der Waals surface area contributed by atoms with Crippen LogP contribution in [0.15, 0.2) is 60.0 Å². The molecule has 0 aliphatic carbocycles. The third-order valence-electron chi connectivity index (χ3n) is 4.60. The van der Waals surface area contributed by atoms with E-state index in [9.17, 15) is 9.59 Å². The Kier molecular flexibility index (Phi) is 5.07. The average molecular weight is 413 g/mol. The molecule has 2 amide bonds. The second-order valence-electron chi connectivity index (χ2n) is 6.36. The van der Waals surface area contributed by atoms with Gasteiger partial charge in [0.1, 0.15) is 12.3 Å². The number of amides is 2. The summed E-state index contributed by atoms with van der Waals surface area (Å²) < 4.78 is 5.24. The highest BCUT2D eigenvalue weighted by molar-refractivity contribution is 7.10. The van der Waals surface area contributed by atoms with Gasteiger partial charge in [0.2, 0.25) is 5.91 Å². The Bertz CT molecular complexity index is 1040. The van der Waals surface area contributed by atoms with E-state index in [1.807, 2.05) is 17.5 Å². The first-order valence-corrected chi connectivity index (χ1v) is 9.90. The second-order valence-corrected chi connectivity index (χ2v) is 7.78. The van der Waals surface area contributed by atoms with E-state index >= 15 is 0 Å². The van der Waals surface area contributed by atoms with Crippen LogP contribution in [0.3, 0.4) is 0 Å². The van der Waals surface area contributed by atoms with Crippen molar-refractivity contribution in [1.82, 2.24) is 4.90 Å². The summed E-state index contributed by atoms with van der Waals surface area (Å²) in [5.74, 6) is 0.0837. The van der Waals surface area contributed by atoms with Gasteiger partial charge in [-0.1, -0.05) is 23.7 Å². The summed E-state index contributed by atoms with van der Waals surface area (Å²) in [5.41, 5.74) is 1.91. The summed E-state index contributed by atoms with van der Waals surface area (Å²) in [6, 6.07) is 15.7. The van der Waals surface area contributed by atoms with Crippen LogP contribution >= 0.6 is 22.9 Å². The molecule has 2 heterocycles. The first-order chi connectivity index (χ1) is 13.6. The fraction of sp³-hybridized carbons (Fsp3) is 0.143. The van der Waals surface area contributed by atoms with Crippen LogP contribution in [0.2, 0.25) is 5.02 Å². The van der Waals surface area contributed by atoms with Crippen molar-refractivity contribution < 1.29 is 14.3 Å². The minimum Gasteiger partial charge on any atom is -0.497 e. The summed E-state index contributed by atoms with van der Waals surface area (Å²) >= 11 is 7.78. The molecule has 0 saturated heterocycles. The van der Waals surface area contributed by atoms with E-state index < -0.39 is 6.04 Å². The first kappa shape index (κ1) is 18.5. The molecular formula is C21H17ClN2O3S. The lowest BCUT2D eigenvalue weighted by molar-refractivity contribution is -0.117. The Hall–Kier alpha value is -2.83. The van der Waals surface area contributed by atoms with Crippen LogP contribution in [-0.2, 0) is 4.79 Å². The van der Waals surface area contributed by atoms with Gasteiger partial charge in [-0.25, -0.2) is 0 Å². The molecule has 1 unspecified atom stereocenters. The lowest BCUT2D eigenvalue weighted by Crippen LogP contribution is -2.38. The van der Waals surface area contributed by atoms with Crippen LogP contribution in [-0.4, -0.2) is 30.4 Å². The number of anilines is 1. The molecular weight excluding hydrogens is 396 g/mol. The van der Waals surface area contributed by atoms with Gasteiger partial charge >= 0.3 is 0 Å². The van der Waals surface area contributed by atoms with Crippen LogP contribution in [0.1, 0.15) is 26.8 Å². The molecule has 1 N–H and O–H groups in total. The summed E-state index contributed by atoms with van der Waals surface area (Å²) in [6.45, 7) is -0.0646. The molecule has 4 rings (SSSR count). The van der Waals surface area contributed by atoms with Crippen molar-refractivity contribution in [3.8, 4) is 5.75 Å². The first-order valence-electron chi connectivity index (χ1n) is 8.64. The Morgan fingerprint density at radius 2 is 2.07 bits per heavy atom. The molecule has 0 bridgehead atoms. The van der Waals surface area contributed by atoms with Crippen molar-refractivity contribution in [2.45, 2.75) is 6.04 Å². The number of carbonyl (C=O) groups is 2. The minimum atomic E-state index is -0.425. The smallest absolute Gasteiger partial charge is 0.255 e. The van der Waals surface area contributed by atoms with Crippen molar-refractivity contribution in [3.05, 3.63) is 81.0 Å². The van der Waals surface area contributed by atoms with Crippen molar-refractivity contribution in [2.24, 2.45) is 0 Å². The Labute approximate surface area is 171 Å². The lowest BCUT2D eigenvalue weighted by atomic mass is 10.0. The topological polar surface area (TPSA) is 58.6 Å². The fourth-order valence-corrected chi connectivity index (χ4v) is 4.38.